The lowest BCUT2D eigenvalue weighted by atomic mass is 10.2. The standard InChI is InChI=1S/C21H25ClN4/c1-3-26(4-2)15-7-14-23-21-18-8-5-6-9-19(18)24-20(25-21)16-10-12-17(22)13-11-16/h5-6,8-13H,3-4,7,14-15H2,1-2H3,(H,23,24,25)/p+1. The Labute approximate surface area is 160 Å². The molecule has 5 heteroatoms. The van der Waals surface area contributed by atoms with Crippen molar-refractivity contribution in [1.29, 1.82) is 0 Å². The van der Waals surface area contributed by atoms with Gasteiger partial charge in [0.25, 0.3) is 0 Å². The van der Waals surface area contributed by atoms with Crippen LogP contribution >= 0.6 is 11.6 Å². The zero-order valence-electron chi connectivity index (χ0n) is 15.4. The molecule has 26 heavy (non-hydrogen) atoms. The molecule has 1 aromatic heterocycles. The second kappa shape index (κ2) is 8.97. The summed E-state index contributed by atoms with van der Waals surface area (Å²) >= 11 is 6.00. The van der Waals surface area contributed by atoms with Gasteiger partial charge in [0.15, 0.2) is 5.82 Å². The Balaban J connectivity index is 1.82. The molecule has 1 heterocycles. The Morgan fingerprint density at radius 1 is 0.962 bits per heavy atom. The summed E-state index contributed by atoms with van der Waals surface area (Å²) in [5.74, 6) is 1.62. The van der Waals surface area contributed by atoms with E-state index < -0.39 is 0 Å². The number of rotatable bonds is 8. The first-order chi connectivity index (χ1) is 12.7. The van der Waals surface area contributed by atoms with Gasteiger partial charge in [0.1, 0.15) is 5.82 Å². The number of benzene rings is 2. The highest BCUT2D eigenvalue weighted by Crippen LogP contribution is 2.25. The summed E-state index contributed by atoms with van der Waals surface area (Å²) in [6.45, 7) is 8.91. The monoisotopic (exact) mass is 369 g/mol. The molecule has 3 aromatic rings. The first-order valence-electron chi connectivity index (χ1n) is 9.31. The third-order valence-corrected chi connectivity index (χ3v) is 4.96. The van der Waals surface area contributed by atoms with E-state index in [0.29, 0.717) is 5.02 Å². The van der Waals surface area contributed by atoms with Crippen LogP contribution in [0.5, 0.6) is 0 Å². The number of hydrogen-bond donors (Lipinski definition) is 2. The van der Waals surface area contributed by atoms with Crippen LogP contribution in [0.1, 0.15) is 20.3 Å². The highest BCUT2D eigenvalue weighted by atomic mass is 35.5. The largest absolute Gasteiger partial charge is 0.369 e. The average molecular weight is 370 g/mol. The number of para-hydroxylation sites is 1. The maximum Gasteiger partial charge on any atom is 0.162 e. The highest BCUT2D eigenvalue weighted by Gasteiger charge is 2.09. The zero-order chi connectivity index (χ0) is 18.4. The van der Waals surface area contributed by atoms with Crippen LogP contribution in [0.25, 0.3) is 22.3 Å². The summed E-state index contributed by atoms with van der Waals surface area (Å²) in [4.78, 5) is 11.1. The van der Waals surface area contributed by atoms with Crippen LogP contribution in [0, 0.1) is 0 Å². The Kier molecular flexibility index (Phi) is 6.42. The maximum atomic E-state index is 6.00. The second-order valence-corrected chi connectivity index (χ2v) is 6.84. The van der Waals surface area contributed by atoms with Gasteiger partial charge in [-0.1, -0.05) is 23.7 Å². The van der Waals surface area contributed by atoms with E-state index in [1.54, 1.807) is 4.90 Å². The number of nitrogens with zero attached hydrogens (tertiary/aromatic N) is 2. The average Bonchev–Trinajstić information content (AvgIpc) is 2.68. The fraction of sp³-hybridized carbons (Fsp3) is 0.333. The lowest BCUT2D eigenvalue weighted by molar-refractivity contribution is -0.896. The molecule has 136 valence electrons. The van der Waals surface area contributed by atoms with E-state index in [2.05, 4.69) is 25.2 Å². The van der Waals surface area contributed by atoms with Crippen LogP contribution in [0.2, 0.25) is 5.02 Å². The summed E-state index contributed by atoms with van der Waals surface area (Å²) in [6, 6.07) is 15.8. The number of anilines is 1. The van der Waals surface area contributed by atoms with E-state index in [4.69, 9.17) is 21.6 Å². The van der Waals surface area contributed by atoms with Crippen molar-refractivity contribution >= 4 is 28.3 Å². The zero-order valence-corrected chi connectivity index (χ0v) is 16.2. The van der Waals surface area contributed by atoms with E-state index in [1.807, 2.05) is 42.5 Å². The molecule has 2 aromatic carbocycles. The molecule has 0 saturated carbocycles. The van der Waals surface area contributed by atoms with Crippen molar-refractivity contribution in [1.82, 2.24) is 9.97 Å². The fourth-order valence-electron chi connectivity index (χ4n) is 3.09. The molecule has 0 fully saturated rings. The molecule has 0 radical (unpaired) electrons. The third-order valence-electron chi connectivity index (χ3n) is 4.71. The maximum absolute atomic E-state index is 6.00. The number of fused-ring (bicyclic) bond motifs is 1. The van der Waals surface area contributed by atoms with Crippen LogP contribution < -0.4 is 10.2 Å². The number of halogens is 1. The second-order valence-electron chi connectivity index (χ2n) is 6.41. The van der Waals surface area contributed by atoms with Gasteiger partial charge in [-0.15, -0.1) is 0 Å². The topological polar surface area (TPSA) is 42.2 Å². The lowest BCUT2D eigenvalue weighted by Crippen LogP contribution is -3.11. The predicted molar refractivity (Wildman–Crippen MR) is 110 cm³/mol. The molecule has 4 nitrogen and oxygen atoms in total. The van der Waals surface area contributed by atoms with Crippen LogP contribution in [0.15, 0.2) is 48.5 Å². The highest BCUT2D eigenvalue weighted by molar-refractivity contribution is 6.30. The Morgan fingerprint density at radius 2 is 1.69 bits per heavy atom. The van der Waals surface area contributed by atoms with Crippen molar-refractivity contribution in [3.63, 3.8) is 0 Å². The van der Waals surface area contributed by atoms with Crippen LogP contribution in [0.3, 0.4) is 0 Å². The van der Waals surface area contributed by atoms with Gasteiger partial charge in [0, 0.05) is 28.9 Å². The van der Waals surface area contributed by atoms with Gasteiger partial charge in [-0.05, 0) is 50.2 Å². The molecule has 0 spiro atoms. The summed E-state index contributed by atoms with van der Waals surface area (Å²) in [6.07, 6.45) is 1.12. The van der Waals surface area contributed by atoms with Crippen molar-refractivity contribution < 1.29 is 4.90 Å². The first-order valence-corrected chi connectivity index (χ1v) is 9.69. The van der Waals surface area contributed by atoms with Crippen LogP contribution in [-0.4, -0.2) is 36.1 Å². The van der Waals surface area contributed by atoms with Crippen LogP contribution in [-0.2, 0) is 0 Å². The Hall–Kier alpha value is -2.17. The summed E-state index contributed by atoms with van der Waals surface area (Å²) in [7, 11) is 0. The fourth-order valence-corrected chi connectivity index (χ4v) is 3.21. The van der Waals surface area contributed by atoms with Crippen molar-refractivity contribution in [3.05, 3.63) is 53.6 Å². The predicted octanol–water partition coefficient (Wildman–Crippen LogP) is 3.68. The molecule has 0 atom stereocenters. The lowest BCUT2D eigenvalue weighted by Gasteiger charge is -2.16. The Morgan fingerprint density at radius 3 is 2.42 bits per heavy atom. The first kappa shape index (κ1) is 18.6. The number of nitrogens with one attached hydrogen (secondary N) is 2. The summed E-state index contributed by atoms with van der Waals surface area (Å²) in [5.41, 5.74) is 1.92. The Bertz CT molecular complexity index is 844. The SMILES string of the molecule is CC[NH+](CC)CCCNc1nc(-c2ccc(Cl)cc2)nc2ccccc12. The van der Waals surface area contributed by atoms with E-state index in [-0.39, 0.29) is 0 Å². The minimum absolute atomic E-state index is 0.715. The van der Waals surface area contributed by atoms with Crippen molar-refractivity contribution in [2.75, 3.05) is 31.5 Å². The van der Waals surface area contributed by atoms with E-state index in [9.17, 15) is 0 Å². The van der Waals surface area contributed by atoms with E-state index >= 15 is 0 Å². The number of aromatic nitrogens is 2. The van der Waals surface area contributed by atoms with Crippen molar-refractivity contribution in [3.8, 4) is 11.4 Å². The van der Waals surface area contributed by atoms with Crippen molar-refractivity contribution in [2.45, 2.75) is 20.3 Å². The number of hydrogen-bond acceptors (Lipinski definition) is 3. The minimum atomic E-state index is 0.715. The third kappa shape index (κ3) is 4.51. The molecule has 0 saturated heterocycles. The van der Waals surface area contributed by atoms with E-state index in [0.717, 1.165) is 41.1 Å². The number of quaternary nitrogens is 1. The summed E-state index contributed by atoms with van der Waals surface area (Å²) < 4.78 is 0. The van der Waals surface area contributed by atoms with Gasteiger partial charge in [0.05, 0.1) is 25.2 Å². The molecule has 0 bridgehead atoms. The molecule has 3 rings (SSSR count). The molecular formula is C21H26ClN4+. The van der Waals surface area contributed by atoms with Gasteiger partial charge >= 0.3 is 0 Å². The van der Waals surface area contributed by atoms with Gasteiger partial charge < -0.3 is 10.2 Å². The van der Waals surface area contributed by atoms with Gasteiger partial charge in [-0.25, -0.2) is 9.97 Å². The van der Waals surface area contributed by atoms with Gasteiger partial charge in [-0.3, -0.25) is 0 Å². The molecule has 2 N–H and O–H groups in total. The molecular weight excluding hydrogens is 344 g/mol. The molecule has 0 unspecified atom stereocenters. The van der Waals surface area contributed by atoms with Gasteiger partial charge in [-0.2, -0.15) is 0 Å². The molecule has 0 aliphatic carbocycles. The molecule has 0 amide bonds. The van der Waals surface area contributed by atoms with Crippen molar-refractivity contribution in [2.24, 2.45) is 0 Å². The molecule has 0 aliphatic heterocycles. The van der Waals surface area contributed by atoms with Crippen LogP contribution in [0.4, 0.5) is 5.82 Å². The minimum Gasteiger partial charge on any atom is -0.369 e. The van der Waals surface area contributed by atoms with Gasteiger partial charge in [0.2, 0.25) is 0 Å². The quantitative estimate of drug-likeness (QED) is 0.595. The molecule has 0 aliphatic rings. The summed E-state index contributed by atoms with van der Waals surface area (Å²) in [5, 5.41) is 5.29. The smallest absolute Gasteiger partial charge is 0.162 e. The normalized spacial score (nSPS) is 11.2. The van der Waals surface area contributed by atoms with E-state index in [1.165, 1.54) is 19.6 Å².